The number of nitrogens with zero attached hydrogens (tertiary/aromatic N) is 4. The Morgan fingerprint density at radius 1 is 0.969 bits per heavy atom. The van der Waals surface area contributed by atoms with E-state index in [1.165, 1.54) is 0 Å². The molecule has 0 spiro atoms. The first-order valence-electron chi connectivity index (χ1n) is 10.6. The Kier molecular flexibility index (Phi) is 5.15. The van der Waals surface area contributed by atoms with Crippen LogP contribution in [0.2, 0.25) is 0 Å². The molecule has 5 rings (SSSR count). The summed E-state index contributed by atoms with van der Waals surface area (Å²) in [5.74, 6) is 1.16. The molecule has 1 fully saturated rings. The summed E-state index contributed by atoms with van der Waals surface area (Å²) in [6.07, 6.45) is 5.03. The fraction of sp³-hybridized carbons (Fsp3) is 0.200. The van der Waals surface area contributed by atoms with Crippen molar-refractivity contribution in [2.24, 2.45) is 0 Å². The lowest BCUT2D eigenvalue weighted by Crippen LogP contribution is -2.49. The number of hydrogen-bond acceptors (Lipinski definition) is 6. The van der Waals surface area contributed by atoms with E-state index in [1.807, 2.05) is 30.3 Å². The predicted octanol–water partition coefficient (Wildman–Crippen LogP) is 3.52. The molecule has 0 unspecified atom stereocenters. The molecule has 0 saturated carbocycles. The third kappa shape index (κ3) is 3.51. The summed E-state index contributed by atoms with van der Waals surface area (Å²) in [5, 5.41) is 0.422. The molecule has 0 atom stereocenters. The van der Waals surface area contributed by atoms with Gasteiger partial charge in [0.15, 0.2) is 11.0 Å². The van der Waals surface area contributed by atoms with Crippen LogP contribution in [0.4, 0.5) is 5.82 Å². The molecular weight excluding hydrogens is 404 g/mol. The molecule has 7 nitrogen and oxygen atoms in total. The van der Waals surface area contributed by atoms with E-state index in [2.05, 4.69) is 14.9 Å². The summed E-state index contributed by atoms with van der Waals surface area (Å²) in [4.78, 5) is 38.8. The minimum atomic E-state index is -0.139. The number of piperazine rings is 1. The number of benzene rings is 2. The highest BCUT2D eigenvalue weighted by Gasteiger charge is 2.26. The van der Waals surface area contributed by atoms with E-state index in [-0.39, 0.29) is 11.3 Å². The lowest BCUT2D eigenvalue weighted by atomic mass is 10.0. The third-order valence-corrected chi connectivity index (χ3v) is 5.85. The van der Waals surface area contributed by atoms with Gasteiger partial charge in [-0.1, -0.05) is 36.4 Å². The molecule has 0 N–H and O–H groups in total. The molecule has 1 amide bonds. The number of rotatable bonds is 3. The number of anilines is 1. The molecule has 0 bridgehead atoms. The number of amides is 1. The van der Waals surface area contributed by atoms with Crippen LogP contribution in [0.3, 0.4) is 0 Å². The summed E-state index contributed by atoms with van der Waals surface area (Å²) in [5.41, 5.74) is 1.97. The Balaban J connectivity index is 1.48. The first-order valence-corrected chi connectivity index (χ1v) is 10.6. The molecule has 2 aromatic heterocycles. The Hall–Kier alpha value is -4.00. The van der Waals surface area contributed by atoms with Gasteiger partial charge in [0.1, 0.15) is 11.6 Å². The van der Waals surface area contributed by atoms with Crippen LogP contribution in [0.5, 0.6) is 0 Å². The maximum Gasteiger partial charge on any atom is 0.257 e. The van der Waals surface area contributed by atoms with Gasteiger partial charge in [-0.3, -0.25) is 14.6 Å². The number of hydrogen-bond donors (Lipinski definition) is 0. The van der Waals surface area contributed by atoms with Crippen LogP contribution in [0, 0.1) is 6.92 Å². The quantitative estimate of drug-likeness (QED) is 0.499. The molecule has 0 radical (unpaired) electrons. The molecule has 7 heteroatoms. The second-order valence-electron chi connectivity index (χ2n) is 7.78. The zero-order valence-corrected chi connectivity index (χ0v) is 17.7. The van der Waals surface area contributed by atoms with Gasteiger partial charge in [0.2, 0.25) is 0 Å². The number of para-hydroxylation sites is 1. The smallest absolute Gasteiger partial charge is 0.257 e. The molecule has 1 saturated heterocycles. The zero-order chi connectivity index (χ0) is 22.1. The van der Waals surface area contributed by atoms with E-state index in [9.17, 15) is 9.59 Å². The Morgan fingerprint density at radius 2 is 1.75 bits per heavy atom. The molecule has 160 valence electrons. The Bertz CT molecular complexity index is 1330. The standard InChI is InChI=1S/C25H22N4O3/c1-17-22(30)19-8-5-9-20(24(19)32-23(17)18-6-3-2-4-7-18)25(31)29-14-12-28(13-15-29)21-16-26-10-11-27-21/h2-11,16H,12-15H2,1H3. The van der Waals surface area contributed by atoms with Crippen molar-refractivity contribution in [1.82, 2.24) is 14.9 Å². The second-order valence-corrected chi connectivity index (χ2v) is 7.78. The maximum atomic E-state index is 13.4. The molecule has 32 heavy (non-hydrogen) atoms. The zero-order valence-electron chi connectivity index (χ0n) is 17.7. The lowest BCUT2D eigenvalue weighted by molar-refractivity contribution is 0.0747. The van der Waals surface area contributed by atoms with Crippen LogP contribution in [0.1, 0.15) is 15.9 Å². The van der Waals surface area contributed by atoms with Crippen molar-refractivity contribution in [3.63, 3.8) is 0 Å². The summed E-state index contributed by atoms with van der Waals surface area (Å²) >= 11 is 0. The molecular formula is C25H22N4O3. The first-order chi connectivity index (χ1) is 15.6. The number of aromatic nitrogens is 2. The van der Waals surface area contributed by atoms with Gasteiger partial charge in [0, 0.05) is 49.7 Å². The lowest BCUT2D eigenvalue weighted by Gasteiger charge is -2.35. The molecule has 0 aliphatic carbocycles. The van der Waals surface area contributed by atoms with Gasteiger partial charge in [0.05, 0.1) is 17.1 Å². The van der Waals surface area contributed by atoms with Crippen molar-refractivity contribution in [2.45, 2.75) is 6.92 Å². The Morgan fingerprint density at radius 3 is 2.47 bits per heavy atom. The van der Waals surface area contributed by atoms with Gasteiger partial charge in [-0.2, -0.15) is 0 Å². The molecule has 2 aromatic carbocycles. The van der Waals surface area contributed by atoms with Crippen LogP contribution < -0.4 is 10.3 Å². The molecule has 1 aliphatic heterocycles. The van der Waals surface area contributed by atoms with Crippen molar-refractivity contribution in [3.05, 3.63) is 88.5 Å². The minimum absolute atomic E-state index is 0.118. The van der Waals surface area contributed by atoms with Crippen LogP contribution in [0.15, 0.2) is 76.3 Å². The first kappa shape index (κ1) is 19.9. The average molecular weight is 426 g/mol. The minimum Gasteiger partial charge on any atom is -0.455 e. The van der Waals surface area contributed by atoms with Gasteiger partial charge < -0.3 is 14.2 Å². The SMILES string of the molecule is Cc1c(-c2ccccc2)oc2c(C(=O)N3CCN(c4cnccn4)CC3)cccc2c1=O. The van der Waals surface area contributed by atoms with Crippen LogP contribution >= 0.6 is 0 Å². The van der Waals surface area contributed by atoms with E-state index in [0.29, 0.717) is 54.0 Å². The highest BCUT2D eigenvalue weighted by molar-refractivity contribution is 6.05. The van der Waals surface area contributed by atoms with E-state index >= 15 is 0 Å². The topological polar surface area (TPSA) is 79.5 Å². The van der Waals surface area contributed by atoms with Crippen molar-refractivity contribution in [3.8, 4) is 11.3 Å². The number of carbonyl (C=O) groups excluding carboxylic acids is 1. The van der Waals surface area contributed by atoms with E-state index in [4.69, 9.17) is 4.42 Å². The van der Waals surface area contributed by atoms with E-state index in [0.717, 1.165) is 11.4 Å². The van der Waals surface area contributed by atoms with Gasteiger partial charge >= 0.3 is 0 Å². The van der Waals surface area contributed by atoms with Gasteiger partial charge in [-0.15, -0.1) is 0 Å². The van der Waals surface area contributed by atoms with Crippen LogP contribution in [-0.2, 0) is 0 Å². The van der Waals surface area contributed by atoms with Crippen molar-refractivity contribution in [1.29, 1.82) is 0 Å². The molecule has 3 heterocycles. The van der Waals surface area contributed by atoms with Crippen LogP contribution in [-0.4, -0.2) is 47.0 Å². The van der Waals surface area contributed by atoms with Crippen molar-refractivity contribution < 1.29 is 9.21 Å². The number of carbonyl (C=O) groups is 1. The monoisotopic (exact) mass is 426 g/mol. The second kappa shape index (κ2) is 8.26. The summed E-state index contributed by atoms with van der Waals surface area (Å²) in [6.45, 7) is 4.18. The largest absolute Gasteiger partial charge is 0.455 e. The van der Waals surface area contributed by atoms with Crippen LogP contribution in [0.25, 0.3) is 22.3 Å². The normalized spacial score (nSPS) is 14.0. The van der Waals surface area contributed by atoms with E-state index in [1.54, 1.807) is 48.6 Å². The Labute approximate surface area is 184 Å². The third-order valence-electron chi connectivity index (χ3n) is 5.85. The van der Waals surface area contributed by atoms with E-state index < -0.39 is 0 Å². The number of fused-ring (bicyclic) bond motifs is 1. The van der Waals surface area contributed by atoms with Gasteiger partial charge in [-0.25, -0.2) is 4.98 Å². The summed E-state index contributed by atoms with van der Waals surface area (Å²) < 4.78 is 6.22. The van der Waals surface area contributed by atoms with Crippen molar-refractivity contribution in [2.75, 3.05) is 31.1 Å². The van der Waals surface area contributed by atoms with Gasteiger partial charge in [-0.05, 0) is 19.1 Å². The van der Waals surface area contributed by atoms with Crippen molar-refractivity contribution >= 4 is 22.7 Å². The predicted molar refractivity (Wildman–Crippen MR) is 123 cm³/mol. The highest BCUT2D eigenvalue weighted by Crippen LogP contribution is 2.28. The summed E-state index contributed by atoms with van der Waals surface area (Å²) in [7, 11) is 0. The fourth-order valence-corrected chi connectivity index (χ4v) is 4.11. The van der Waals surface area contributed by atoms with Gasteiger partial charge in [0.25, 0.3) is 5.91 Å². The fourth-order valence-electron chi connectivity index (χ4n) is 4.11. The summed E-state index contributed by atoms with van der Waals surface area (Å²) in [6, 6.07) is 14.7. The highest BCUT2D eigenvalue weighted by atomic mass is 16.3. The maximum absolute atomic E-state index is 13.4. The molecule has 4 aromatic rings. The average Bonchev–Trinajstić information content (AvgIpc) is 2.86. The molecule has 1 aliphatic rings.